The van der Waals surface area contributed by atoms with Crippen LogP contribution < -0.4 is 0 Å². The summed E-state index contributed by atoms with van der Waals surface area (Å²) in [5, 5.41) is 1.04. The van der Waals surface area contributed by atoms with Crippen LogP contribution in [0.2, 0.25) is 0 Å². The summed E-state index contributed by atoms with van der Waals surface area (Å²) < 4.78 is 11.0. The van der Waals surface area contributed by atoms with Crippen molar-refractivity contribution in [1.82, 2.24) is 4.98 Å². The van der Waals surface area contributed by atoms with Crippen molar-refractivity contribution in [2.45, 2.75) is 44.3 Å². The van der Waals surface area contributed by atoms with E-state index in [-0.39, 0.29) is 24.6 Å². The van der Waals surface area contributed by atoms with E-state index in [1.807, 2.05) is 30.3 Å². The van der Waals surface area contributed by atoms with E-state index in [0.29, 0.717) is 0 Å². The van der Waals surface area contributed by atoms with Crippen LogP contribution in [-0.4, -0.2) is 30.3 Å². The number of rotatable bonds is 4. The Morgan fingerprint density at radius 3 is 2.82 bits per heavy atom. The lowest BCUT2D eigenvalue weighted by molar-refractivity contribution is -0.158. The second kappa shape index (κ2) is 6.88. The standard InChI is InChI=1S/C18H21NO3/c1-21-16-8-4-5-9-17(16)22-18(20)11-13-10-14-6-2-3-7-15(14)19-12-13/h2-3,6-7,10,12,16-17H,4-5,8-9,11H2,1H3. The van der Waals surface area contributed by atoms with Gasteiger partial charge in [0.25, 0.3) is 0 Å². The maximum absolute atomic E-state index is 12.2. The third kappa shape index (κ3) is 3.45. The number of hydrogen-bond donors (Lipinski definition) is 0. The van der Waals surface area contributed by atoms with Gasteiger partial charge in [0.1, 0.15) is 6.10 Å². The average Bonchev–Trinajstić information content (AvgIpc) is 2.55. The molecule has 0 amide bonds. The fraction of sp³-hybridized carbons (Fsp3) is 0.444. The van der Waals surface area contributed by atoms with E-state index in [2.05, 4.69) is 4.98 Å². The van der Waals surface area contributed by atoms with Crippen molar-refractivity contribution in [3.8, 4) is 0 Å². The van der Waals surface area contributed by atoms with Crippen LogP contribution in [0.15, 0.2) is 36.5 Å². The number of methoxy groups -OCH3 is 1. The molecular formula is C18H21NO3. The lowest BCUT2D eigenvalue weighted by atomic mass is 9.94. The molecule has 3 rings (SSSR count). The van der Waals surface area contributed by atoms with Crippen LogP contribution in [-0.2, 0) is 20.7 Å². The molecule has 1 aromatic carbocycles. The highest BCUT2D eigenvalue weighted by atomic mass is 16.6. The Morgan fingerprint density at radius 1 is 1.23 bits per heavy atom. The third-order valence-corrected chi connectivity index (χ3v) is 4.22. The largest absolute Gasteiger partial charge is 0.459 e. The van der Waals surface area contributed by atoms with Crippen molar-refractivity contribution >= 4 is 16.9 Å². The molecule has 4 heteroatoms. The minimum absolute atomic E-state index is 0.0347. The Bertz CT molecular complexity index is 656. The SMILES string of the molecule is COC1CCCCC1OC(=O)Cc1cnc2ccccc2c1. The lowest BCUT2D eigenvalue weighted by Crippen LogP contribution is -2.36. The molecule has 0 aliphatic heterocycles. The smallest absolute Gasteiger partial charge is 0.310 e. The van der Waals surface area contributed by atoms with Crippen molar-refractivity contribution in [3.63, 3.8) is 0 Å². The molecule has 1 fully saturated rings. The molecule has 0 saturated heterocycles. The molecule has 0 radical (unpaired) electrons. The molecule has 2 atom stereocenters. The molecule has 116 valence electrons. The van der Waals surface area contributed by atoms with Crippen molar-refractivity contribution in [2.24, 2.45) is 0 Å². The zero-order valence-electron chi connectivity index (χ0n) is 12.8. The minimum atomic E-state index is -0.203. The number of esters is 1. The molecule has 1 heterocycles. The molecule has 0 N–H and O–H groups in total. The molecule has 1 saturated carbocycles. The van der Waals surface area contributed by atoms with Crippen molar-refractivity contribution in [1.29, 1.82) is 0 Å². The number of pyridine rings is 1. The highest BCUT2D eigenvalue weighted by molar-refractivity contribution is 5.80. The molecular weight excluding hydrogens is 278 g/mol. The van der Waals surface area contributed by atoms with E-state index in [1.54, 1.807) is 13.3 Å². The van der Waals surface area contributed by atoms with Gasteiger partial charge in [-0.2, -0.15) is 0 Å². The molecule has 0 bridgehead atoms. The first kappa shape index (κ1) is 15.0. The van der Waals surface area contributed by atoms with E-state index in [1.165, 1.54) is 0 Å². The van der Waals surface area contributed by atoms with Crippen LogP contribution in [0.1, 0.15) is 31.2 Å². The first-order valence-electron chi connectivity index (χ1n) is 7.82. The Kier molecular flexibility index (Phi) is 4.68. The van der Waals surface area contributed by atoms with Gasteiger partial charge in [0, 0.05) is 18.7 Å². The number of fused-ring (bicyclic) bond motifs is 1. The highest BCUT2D eigenvalue weighted by Gasteiger charge is 2.28. The summed E-state index contributed by atoms with van der Waals surface area (Å²) in [6.07, 6.45) is 6.01. The van der Waals surface area contributed by atoms with Gasteiger partial charge in [-0.05, 0) is 37.0 Å². The number of carbonyl (C=O) groups is 1. The zero-order valence-corrected chi connectivity index (χ0v) is 12.8. The van der Waals surface area contributed by atoms with E-state index in [9.17, 15) is 4.79 Å². The summed E-state index contributed by atoms with van der Waals surface area (Å²) in [6, 6.07) is 9.88. The Labute approximate surface area is 130 Å². The van der Waals surface area contributed by atoms with Crippen LogP contribution in [0, 0.1) is 0 Å². The Morgan fingerprint density at radius 2 is 2.00 bits per heavy atom. The van der Waals surface area contributed by atoms with Crippen molar-refractivity contribution in [3.05, 3.63) is 42.1 Å². The predicted octanol–water partition coefficient (Wildman–Crippen LogP) is 3.28. The number of para-hydroxylation sites is 1. The first-order chi connectivity index (χ1) is 10.8. The summed E-state index contributed by atoms with van der Waals surface area (Å²) in [7, 11) is 1.68. The number of ether oxygens (including phenoxy) is 2. The number of hydrogen-bond acceptors (Lipinski definition) is 4. The Hall–Kier alpha value is -1.94. The fourth-order valence-corrected chi connectivity index (χ4v) is 3.06. The second-order valence-electron chi connectivity index (χ2n) is 5.80. The van der Waals surface area contributed by atoms with E-state index in [4.69, 9.17) is 9.47 Å². The third-order valence-electron chi connectivity index (χ3n) is 4.22. The summed E-state index contributed by atoms with van der Waals surface area (Å²) in [5.74, 6) is -0.203. The molecule has 1 aliphatic carbocycles. The average molecular weight is 299 g/mol. The van der Waals surface area contributed by atoms with E-state index in [0.717, 1.165) is 42.1 Å². The normalized spacial score (nSPS) is 21.7. The van der Waals surface area contributed by atoms with Crippen LogP contribution in [0.3, 0.4) is 0 Å². The highest BCUT2D eigenvalue weighted by Crippen LogP contribution is 2.24. The topological polar surface area (TPSA) is 48.4 Å². The first-order valence-corrected chi connectivity index (χ1v) is 7.82. The van der Waals surface area contributed by atoms with Gasteiger partial charge in [0.2, 0.25) is 0 Å². The monoisotopic (exact) mass is 299 g/mol. The van der Waals surface area contributed by atoms with Gasteiger partial charge >= 0.3 is 5.97 Å². The van der Waals surface area contributed by atoms with E-state index >= 15 is 0 Å². The van der Waals surface area contributed by atoms with Gasteiger partial charge in [0.15, 0.2) is 0 Å². The van der Waals surface area contributed by atoms with Crippen LogP contribution >= 0.6 is 0 Å². The molecule has 1 aliphatic rings. The van der Waals surface area contributed by atoms with Gasteiger partial charge in [-0.15, -0.1) is 0 Å². The number of aromatic nitrogens is 1. The summed E-state index contributed by atoms with van der Waals surface area (Å²) in [6.45, 7) is 0. The Balaban J connectivity index is 1.65. The zero-order chi connectivity index (χ0) is 15.4. The summed E-state index contributed by atoms with van der Waals surface area (Å²) in [5.41, 5.74) is 1.82. The molecule has 0 spiro atoms. The fourth-order valence-electron chi connectivity index (χ4n) is 3.06. The predicted molar refractivity (Wildman–Crippen MR) is 84.6 cm³/mol. The van der Waals surface area contributed by atoms with Crippen LogP contribution in [0.5, 0.6) is 0 Å². The molecule has 22 heavy (non-hydrogen) atoms. The maximum Gasteiger partial charge on any atom is 0.310 e. The van der Waals surface area contributed by atoms with Gasteiger partial charge in [-0.3, -0.25) is 9.78 Å². The van der Waals surface area contributed by atoms with Crippen LogP contribution in [0.25, 0.3) is 10.9 Å². The maximum atomic E-state index is 12.2. The van der Waals surface area contributed by atoms with Crippen molar-refractivity contribution in [2.75, 3.05) is 7.11 Å². The lowest BCUT2D eigenvalue weighted by Gasteiger charge is -2.29. The van der Waals surface area contributed by atoms with Gasteiger partial charge in [0.05, 0.1) is 18.0 Å². The van der Waals surface area contributed by atoms with Crippen molar-refractivity contribution < 1.29 is 14.3 Å². The molecule has 4 nitrogen and oxygen atoms in total. The number of carbonyl (C=O) groups excluding carboxylic acids is 1. The van der Waals surface area contributed by atoms with Gasteiger partial charge in [-0.1, -0.05) is 24.6 Å². The van der Waals surface area contributed by atoms with E-state index < -0.39 is 0 Å². The number of nitrogens with zero attached hydrogens (tertiary/aromatic N) is 1. The second-order valence-corrected chi connectivity index (χ2v) is 5.80. The summed E-state index contributed by atoms with van der Waals surface area (Å²) in [4.78, 5) is 16.6. The number of benzene rings is 1. The summed E-state index contributed by atoms with van der Waals surface area (Å²) >= 11 is 0. The minimum Gasteiger partial charge on any atom is -0.459 e. The van der Waals surface area contributed by atoms with Gasteiger partial charge < -0.3 is 9.47 Å². The van der Waals surface area contributed by atoms with Crippen LogP contribution in [0.4, 0.5) is 0 Å². The molecule has 2 unspecified atom stereocenters. The molecule has 1 aromatic heterocycles. The quantitative estimate of drug-likeness (QED) is 0.813. The van der Waals surface area contributed by atoms with Gasteiger partial charge in [-0.25, -0.2) is 0 Å². The molecule has 2 aromatic rings.